The first kappa shape index (κ1) is 16.7. The molecule has 0 N–H and O–H groups in total. The summed E-state index contributed by atoms with van der Waals surface area (Å²) in [6, 6.07) is 14.6. The van der Waals surface area contributed by atoms with Gasteiger partial charge in [-0.2, -0.15) is 0 Å². The first-order valence-corrected chi connectivity index (χ1v) is 8.56. The molecule has 0 unspecified atom stereocenters. The summed E-state index contributed by atoms with van der Waals surface area (Å²) in [6.45, 7) is 1.78. The predicted octanol–water partition coefficient (Wildman–Crippen LogP) is 3.05. The fourth-order valence-corrected chi connectivity index (χ4v) is 3.38. The maximum atomic E-state index is 12.7. The van der Waals surface area contributed by atoms with Crippen LogP contribution in [0, 0.1) is 0 Å². The summed E-state index contributed by atoms with van der Waals surface area (Å²) >= 11 is 0. The van der Waals surface area contributed by atoms with Gasteiger partial charge >= 0.3 is 0 Å². The smallest absolute Gasteiger partial charge is 0.229 e. The van der Waals surface area contributed by atoms with Crippen LogP contribution in [0.5, 0.6) is 0 Å². The van der Waals surface area contributed by atoms with E-state index in [1.54, 1.807) is 6.20 Å². The van der Waals surface area contributed by atoms with E-state index in [0.717, 1.165) is 31.6 Å². The average Bonchev–Trinajstić information content (AvgIpc) is 3.06. The van der Waals surface area contributed by atoms with E-state index in [9.17, 15) is 4.79 Å². The molecule has 1 fully saturated rings. The zero-order chi connectivity index (χ0) is 16.9. The summed E-state index contributed by atoms with van der Waals surface area (Å²) in [5, 5.41) is 0. The Hall–Kier alpha value is -2.20. The van der Waals surface area contributed by atoms with E-state index in [2.05, 4.69) is 48.2 Å². The summed E-state index contributed by atoms with van der Waals surface area (Å²) < 4.78 is 0. The lowest BCUT2D eigenvalue weighted by Gasteiger charge is -2.25. The van der Waals surface area contributed by atoms with Gasteiger partial charge in [-0.05, 0) is 50.2 Å². The SMILES string of the molecule is CN(C)Cc1ccc([C@H]2CCCN2C(=O)Cc2ccccn2)cc1. The molecule has 1 saturated heterocycles. The predicted molar refractivity (Wildman–Crippen MR) is 95.5 cm³/mol. The van der Waals surface area contributed by atoms with Crippen molar-refractivity contribution in [2.24, 2.45) is 0 Å². The minimum atomic E-state index is 0.175. The Kier molecular flexibility index (Phi) is 5.26. The third kappa shape index (κ3) is 4.01. The Morgan fingerprint density at radius 2 is 2.00 bits per heavy atom. The van der Waals surface area contributed by atoms with Gasteiger partial charge in [-0.25, -0.2) is 0 Å². The molecule has 1 aromatic carbocycles. The largest absolute Gasteiger partial charge is 0.335 e. The Morgan fingerprint density at radius 3 is 2.67 bits per heavy atom. The lowest BCUT2D eigenvalue weighted by Crippen LogP contribution is -2.32. The van der Waals surface area contributed by atoms with Crippen LogP contribution >= 0.6 is 0 Å². The number of pyridine rings is 1. The molecule has 0 bridgehead atoms. The van der Waals surface area contributed by atoms with E-state index in [1.807, 2.05) is 23.1 Å². The van der Waals surface area contributed by atoms with Crippen LogP contribution in [0.2, 0.25) is 0 Å². The van der Waals surface area contributed by atoms with Gasteiger partial charge in [-0.15, -0.1) is 0 Å². The molecule has 1 aliphatic heterocycles. The lowest BCUT2D eigenvalue weighted by atomic mass is 10.0. The number of rotatable bonds is 5. The summed E-state index contributed by atoms with van der Waals surface area (Å²) in [6.07, 6.45) is 4.24. The minimum Gasteiger partial charge on any atom is -0.335 e. The average molecular weight is 323 g/mol. The van der Waals surface area contributed by atoms with Gasteiger partial charge in [-0.1, -0.05) is 30.3 Å². The molecule has 1 amide bonds. The molecular formula is C20H25N3O. The fourth-order valence-electron chi connectivity index (χ4n) is 3.38. The highest BCUT2D eigenvalue weighted by Gasteiger charge is 2.29. The maximum Gasteiger partial charge on any atom is 0.229 e. The van der Waals surface area contributed by atoms with Crippen LogP contribution in [0.1, 0.15) is 35.7 Å². The number of hydrogen-bond acceptors (Lipinski definition) is 3. The molecule has 1 aliphatic rings. The van der Waals surface area contributed by atoms with Crippen LogP contribution < -0.4 is 0 Å². The number of amides is 1. The third-order valence-corrected chi connectivity index (χ3v) is 4.49. The van der Waals surface area contributed by atoms with Crippen molar-refractivity contribution in [3.05, 3.63) is 65.5 Å². The van der Waals surface area contributed by atoms with Crippen LogP contribution in [0.4, 0.5) is 0 Å². The monoisotopic (exact) mass is 323 g/mol. The fraction of sp³-hybridized carbons (Fsp3) is 0.400. The molecule has 0 spiro atoms. The number of benzene rings is 1. The minimum absolute atomic E-state index is 0.175. The zero-order valence-electron chi connectivity index (χ0n) is 14.5. The van der Waals surface area contributed by atoms with E-state index in [1.165, 1.54) is 11.1 Å². The molecule has 0 aliphatic carbocycles. The Bertz CT molecular complexity index is 667. The van der Waals surface area contributed by atoms with E-state index in [-0.39, 0.29) is 11.9 Å². The molecule has 24 heavy (non-hydrogen) atoms. The highest BCUT2D eigenvalue weighted by molar-refractivity contribution is 5.79. The van der Waals surface area contributed by atoms with Gasteiger partial charge in [0.25, 0.3) is 0 Å². The first-order valence-electron chi connectivity index (χ1n) is 8.56. The van der Waals surface area contributed by atoms with Crippen molar-refractivity contribution in [1.29, 1.82) is 0 Å². The van der Waals surface area contributed by atoms with E-state index < -0.39 is 0 Å². The summed E-state index contributed by atoms with van der Waals surface area (Å²) in [5.74, 6) is 0.175. The number of nitrogens with zero attached hydrogens (tertiary/aromatic N) is 3. The second kappa shape index (κ2) is 7.58. The molecule has 3 rings (SSSR count). The molecule has 126 valence electrons. The molecule has 1 atom stereocenters. The molecule has 4 heteroatoms. The standard InChI is InChI=1S/C20H25N3O/c1-22(2)15-16-8-10-17(11-9-16)19-7-5-13-23(19)20(24)14-18-6-3-4-12-21-18/h3-4,6,8-12,19H,5,7,13-15H2,1-2H3/t19-/m1/s1. The molecule has 4 nitrogen and oxygen atoms in total. The van der Waals surface area contributed by atoms with Crippen molar-refractivity contribution >= 4 is 5.91 Å². The van der Waals surface area contributed by atoms with Crippen molar-refractivity contribution in [3.63, 3.8) is 0 Å². The molecule has 0 saturated carbocycles. The Balaban J connectivity index is 1.69. The molecule has 2 aromatic rings. The van der Waals surface area contributed by atoms with E-state index in [4.69, 9.17) is 0 Å². The summed E-state index contributed by atoms with van der Waals surface area (Å²) in [4.78, 5) is 21.1. The number of likely N-dealkylation sites (tertiary alicyclic amines) is 1. The van der Waals surface area contributed by atoms with Gasteiger partial charge in [0.1, 0.15) is 0 Å². The third-order valence-electron chi connectivity index (χ3n) is 4.49. The van der Waals surface area contributed by atoms with Crippen molar-refractivity contribution < 1.29 is 4.79 Å². The van der Waals surface area contributed by atoms with E-state index >= 15 is 0 Å². The van der Waals surface area contributed by atoms with Crippen LogP contribution in [0.3, 0.4) is 0 Å². The van der Waals surface area contributed by atoms with Crippen LogP contribution in [-0.2, 0) is 17.8 Å². The summed E-state index contributed by atoms with van der Waals surface area (Å²) in [5.41, 5.74) is 3.38. The van der Waals surface area contributed by atoms with Gasteiger partial charge in [0.05, 0.1) is 12.5 Å². The van der Waals surface area contributed by atoms with Gasteiger partial charge in [0, 0.05) is 25.0 Å². The van der Waals surface area contributed by atoms with Gasteiger partial charge in [0.2, 0.25) is 5.91 Å². The second-order valence-corrected chi connectivity index (χ2v) is 6.72. The number of hydrogen-bond donors (Lipinski definition) is 0. The van der Waals surface area contributed by atoms with E-state index in [0.29, 0.717) is 6.42 Å². The number of carbonyl (C=O) groups excluding carboxylic acids is 1. The Morgan fingerprint density at radius 1 is 1.21 bits per heavy atom. The van der Waals surface area contributed by atoms with Crippen LogP contribution in [0.15, 0.2) is 48.7 Å². The highest BCUT2D eigenvalue weighted by atomic mass is 16.2. The van der Waals surface area contributed by atoms with Gasteiger partial charge < -0.3 is 9.80 Å². The molecule has 0 radical (unpaired) electrons. The maximum absolute atomic E-state index is 12.7. The van der Waals surface area contributed by atoms with Crippen molar-refractivity contribution in [2.75, 3.05) is 20.6 Å². The van der Waals surface area contributed by atoms with Crippen molar-refractivity contribution in [3.8, 4) is 0 Å². The number of aromatic nitrogens is 1. The number of carbonyl (C=O) groups is 1. The lowest BCUT2D eigenvalue weighted by molar-refractivity contribution is -0.131. The zero-order valence-corrected chi connectivity index (χ0v) is 14.5. The van der Waals surface area contributed by atoms with Gasteiger partial charge in [0.15, 0.2) is 0 Å². The summed E-state index contributed by atoms with van der Waals surface area (Å²) in [7, 11) is 4.14. The topological polar surface area (TPSA) is 36.4 Å². The second-order valence-electron chi connectivity index (χ2n) is 6.72. The molecule has 2 heterocycles. The quantitative estimate of drug-likeness (QED) is 0.848. The van der Waals surface area contributed by atoms with Crippen LogP contribution in [0.25, 0.3) is 0 Å². The molecule has 1 aromatic heterocycles. The van der Waals surface area contributed by atoms with Crippen molar-refractivity contribution in [1.82, 2.24) is 14.8 Å². The molecular weight excluding hydrogens is 298 g/mol. The van der Waals surface area contributed by atoms with Crippen molar-refractivity contribution in [2.45, 2.75) is 31.8 Å². The first-order chi connectivity index (χ1) is 11.6. The Labute approximate surface area is 144 Å². The highest BCUT2D eigenvalue weighted by Crippen LogP contribution is 2.32. The van der Waals surface area contributed by atoms with Crippen LogP contribution in [-0.4, -0.2) is 41.3 Å². The normalized spacial score (nSPS) is 17.5. The van der Waals surface area contributed by atoms with Gasteiger partial charge in [-0.3, -0.25) is 9.78 Å².